The molecule has 1 saturated carbocycles. The molecule has 2 fully saturated rings. The molecule has 3 rings (SSSR count). The Labute approximate surface area is 144 Å². The van der Waals surface area contributed by atoms with E-state index < -0.39 is 0 Å². The highest BCUT2D eigenvalue weighted by Gasteiger charge is 2.29. The smallest absolute Gasteiger partial charge is 0.317 e. The fraction of sp³-hybridized carbons (Fsp3) is 0.722. The lowest BCUT2D eigenvalue weighted by Crippen LogP contribution is -2.41. The van der Waals surface area contributed by atoms with Gasteiger partial charge in [-0.2, -0.15) is 0 Å². The number of nitrogens with one attached hydrogen (secondary N) is 1. The van der Waals surface area contributed by atoms with Gasteiger partial charge in [-0.3, -0.25) is 0 Å². The number of rotatable bonds is 5. The molecule has 0 spiro atoms. The Morgan fingerprint density at radius 2 is 2.08 bits per heavy atom. The number of methoxy groups -OCH3 is 1. The third kappa shape index (κ3) is 4.44. The van der Waals surface area contributed by atoms with Crippen LogP contribution in [0.4, 0.5) is 4.79 Å². The minimum absolute atomic E-state index is 0.0193. The Balaban J connectivity index is 1.41. The van der Waals surface area contributed by atoms with Crippen LogP contribution in [0, 0.1) is 0 Å². The molecule has 1 saturated heterocycles. The summed E-state index contributed by atoms with van der Waals surface area (Å²) >= 11 is 0. The van der Waals surface area contributed by atoms with Crippen LogP contribution in [0.1, 0.15) is 56.3 Å². The normalized spacial score (nSPS) is 24.5. The summed E-state index contributed by atoms with van der Waals surface area (Å²) in [5, 5.41) is 3.01. The van der Waals surface area contributed by atoms with Crippen molar-refractivity contribution in [2.45, 2.75) is 57.0 Å². The molecule has 1 N–H and O–H groups in total. The molecule has 24 heavy (non-hydrogen) atoms. The Morgan fingerprint density at radius 3 is 2.75 bits per heavy atom. The van der Waals surface area contributed by atoms with Crippen molar-refractivity contribution < 1.29 is 9.53 Å². The molecule has 132 valence electrons. The highest BCUT2D eigenvalue weighted by Crippen LogP contribution is 2.37. The first kappa shape index (κ1) is 17.1. The molecule has 1 aromatic heterocycles. The summed E-state index contributed by atoms with van der Waals surface area (Å²) in [6, 6.07) is 0.0193. The average Bonchev–Trinajstić information content (AvgIpc) is 3.43. The lowest BCUT2D eigenvalue weighted by Gasteiger charge is -2.26. The first-order valence-corrected chi connectivity index (χ1v) is 8.98. The number of ether oxygens (including phenoxy) is 1. The second-order valence-electron chi connectivity index (χ2n) is 7.20. The molecule has 2 heterocycles. The Bertz CT molecular complexity index is 559. The van der Waals surface area contributed by atoms with Crippen LogP contribution in [0.15, 0.2) is 12.4 Å². The number of hydrogen-bond acceptors (Lipinski definition) is 4. The van der Waals surface area contributed by atoms with E-state index in [0.717, 1.165) is 50.2 Å². The molecule has 0 unspecified atom stereocenters. The highest BCUT2D eigenvalue weighted by molar-refractivity contribution is 5.74. The van der Waals surface area contributed by atoms with Crippen LogP contribution >= 0.6 is 0 Å². The van der Waals surface area contributed by atoms with Crippen LogP contribution in [-0.2, 0) is 11.2 Å². The molecule has 1 aliphatic heterocycles. The van der Waals surface area contributed by atoms with E-state index >= 15 is 0 Å². The van der Waals surface area contributed by atoms with Crippen LogP contribution in [0.25, 0.3) is 0 Å². The quantitative estimate of drug-likeness (QED) is 0.899. The van der Waals surface area contributed by atoms with Gasteiger partial charge < -0.3 is 15.0 Å². The van der Waals surface area contributed by atoms with Crippen molar-refractivity contribution in [2.75, 3.05) is 26.7 Å². The van der Waals surface area contributed by atoms with Crippen molar-refractivity contribution in [3.05, 3.63) is 23.8 Å². The van der Waals surface area contributed by atoms with Crippen molar-refractivity contribution in [1.82, 2.24) is 20.2 Å². The molecule has 2 amide bonds. The van der Waals surface area contributed by atoms with Crippen LogP contribution in [-0.4, -0.2) is 53.2 Å². The summed E-state index contributed by atoms with van der Waals surface area (Å²) in [6.07, 6.45) is 9.84. The number of amides is 2. The standard InChI is InChI=1S/C18H28N4O2/c1-18(24-2)7-3-10-22(11-8-18)17(23)19-9-6-14-12-20-16(21-13-14)15-4-5-15/h12-13,15H,3-11H2,1-2H3,(H,19,23)/t18-/m0/s1. The summed E-state index contributed by atoms with van der Waals surface area (Å²) in [7, 11) is 1.76. The summed E-state index contributed by atoms with van der Waals surface area (Å²) in [5.74, 6) is 1.55. The second kappa shape index (κ2) is 7.47. The molecule has 2 aliphatic rings. The van der Waals surface area contributed by atoms with Crippen LogP contribution in [0.3, 0.4) is 0 Å². The van der Waals surface area contributed by atoms with Gasteiger partial charge >= 0.3 is 6.03 Å². The fourth-order valence-corrected chi connectivity index (χ4v) is 3.13. The van der Waals surface area contributed by atoms with Gasteiger partial charge in [0.15, 0.2) is 0 Å². The predicted octanol–water partition coefficient (Wildman–Crippen LogP) is 2.50. The van der Waals surface area contributed by atoms with Crippen LogP contribution in [0.2, 0.25) is 0 Å². The summed E-state index contributed by atoms with van der Waals surface area (Å²) in [6.45, 7) is 4.28. The average molecular weight is 332 g/mol. The van der Waals surface area contributed by atoms with E-state index in [2.05, 4.69) is 22.2 Å². The number of carbonyl (C=O) groups is 1. The molecule has 1 aliphatic carbocycles. The van der Waals surface area contributed by atoms with Crippen LogP contribution in [0.5, 0.6) is 0 Å². The van der Waals surface area contributed by atoms with Gasteiger partial charge in [-0.25, -0.2) is 14.8 Å². The van der Waals surface area contributed by atoms with E-state index in [4.69, 9.17) is 4.74 Å². The van der Waals surface area contributed by atoms with Crippen molar-refractivity contribution in [3.63, 3.8) is 0 Å². The van der Waals surface area contributed by atoms with E-state index in [1.165, 1.54) is 12.8 Å². The number of aromatic nitrogens is 2. The third-order valence-corrected chi connectivity index (χ3v) is 5.18. The minimum atomic E-state index is -0.102. The number of likely N-dealkylation sites (tertiary alicyclic amines) is 1. The van der Waals surface area contributed by atoms with Crippen molar-refractivity contribution >= 4 is 6.03 Å². The van der Waals surface area contributed by atoms with Gasteiger partial charge in [0.1, 0.15) is 5.82 Å². The van der Waals surface area contributed by atoms with Crippen molar-refractivity contribution in [2.24, 2.45) is 0 Å². The Morgan fingerprint density at radius 1 is 1.33 bits per heavy atom. The first-order chi connectivity index (χ1) is 11.6. The summed E-state index contributed by atoms with van der Waals surface area (Å²) in [5.41, 5.74) is 0.970. The topological polar surface area (TPSA) is 67.3 Å². The predicted molar refractivity (Wildman–Crippen MR) is 91.9 cm³/mol. The molecule has 6 nitrogen and oxygen atoms in total. The van der Waals surface area contributed by atoms with Gasteiger partial charge in [-0.15, -0.1) is 0 Å². The lowest BCUT2D eigenvalue weighted by atomic mass is 9.97. The summed E-state index contributed by atoms with van der Waals surface area (Å²) in [4.78, 5) is 23.1. The Kier molecular flexibility index (Phi) is 5.33. The maximum atomic E-state index is 12.3. The first-order valence-electron chi connectivity index (χ1n) is 8.98. The summed E-state index contributed by atoms with van der Waals surface area (Å²) < 4.78 is 5.58. The Hall–Kier alpha value is -1.69. The van der Waals surface area contributed by atoms with Gasteiger partial charge in [-0.1, -0.05) is 0 Å². The van der Waals surface area contributed by atoms with Gasteiger partial charge in [0.05, 0.1) is 5.60 Å². The SMILES string of the molecule is CO[C@@]1(C)CCCN(C(=O)NCCc2cnc(C3CC3)nc2)CC1. The van der Waals surface area contributed by atoms with E-state index in [9.17, 15) is 4.79 Å². The minimum Gasteiger partial charge on any atom is -0.378 e. The number of carbonyl (C=O) groups excluding carboxylic acids is 1. The molecule has 0 aromatic carbocycles. The van der Waals surface area contributed by atoms with Gasteiger partial charge in [-0.05, 0) is 51.0 Å². The molecule has 1 atom stereocenters. The van der Waals surface area contributed by atoms with Crippen molar-refractivity contribution in [1.29, 1.82) is 0 Å². The number of urea groups is 1. The number of nitrogens with zero attached hydrogens (tertiary/aromatic N) is 3. The van der Waals surface area contributed by atoms with E-state index in [-0.39, 0.29) is 11.6 Å². The highest BCUT2D eigenvalue weighted by atomic mass is 16.5. The zero-order valence-corrected chi connectivity index (χ0v) is 14.8. The largest absolute Gasteiger partial charge is 0.378 e. The van der Waals surface area contributed by atoms with E-state index in [1.54, 1.807) is 7.11 Å². The van der Waals surface area contributed by atoms with Crippen molar-refractivity contribution in [3.8, 4) is 0 Å². The van der Waals surface area contributed by atoms with E-state index in [1.807, 2.05) is 17.3 Å². The lowest BCUT2D eigenvalue weighted by molar-refractivity contribution is -0.00499. The maximum absolute atomic E-state index is 12.3. The maximum Gasteiger partial charge on any atom is 0.317 e. The zero-order valence-electron chi connectivity index (χ0n) is 14.8. The third-order valence-electron chi connectivity index (χ3n) is 5.18. The molecule has 0 radical (unpaired) electrons. The number of hydrogen-bond donors (Lipinski definition) is 1. The van der Waals surface area contributed by atoms with Gasteiger partial charge in [0.2, 0.25) is 0 Å². The van der Waals surface area contributed by atoms with Gasteiger partial charge in [0.25, 0.3) is 0 Å². The molecular formula is C18H28N4O2. The zero-order chi connectivity index (χ0) is 17.0. The molecule has 1 aromatic rings. The van der Waals surface area contributed by atoms with Crippen LogP contribution < -0.4 is 5.32 Å². The fourth-order valence-electron chi connectivity index (χ4n) is 3.13. The molecule has 0 bridgehead atoms. The molecule has 6 heteroatoms. The van der Waals surface area contributed by atoms with Gasteiger partial charge in [0, 0.05) is 45.1 Å². The molecular weight excluding hydrogens is 304 g/mol. The monoisotopic (exact) mass is 332 g/mol. The second-order valence-corrected chi connectivity index (χ2v) is 7.20. The van der Waals surface area contributed by atoms with E-state index in [0.29, 0.717) is 12.5 Å².